The number of phenolic OH excluding ortho intramolecular Hbond substituents is 1. The molecule has 0 radical (unpaired) electrons. The van der Waals surface area contributed by atoms with E-state index in [2.05, 4.69) is 20.9 Å². The molecule has 0 aliphatic heterocycles. The highest BCUT2D eigenvalue weighted by Crippen LogP contribution is 2.23. The minimum absolute atomic E-state index is 0.159. The molecule has 98 valence electrons. The molecule has 0 aliphatic carbocycles. The van der Waals surface area contributed by atoms with Gasteiger partial charge in [0.05, 0.1) is 12.3 Å². The normalized spacial score (nSPS) is 10.8. The van der Waals surface area contributed by atoms with Crippen LogP contribution >= 0.6 is 15.9 Å². The van der Waals surface area contributed by atoms with Crippen LogP contribution in [0.3, 0.4) is 0 Å². The summed E-state index contributed by atoms with van der Waals surface area (Å²) in [5.74, 6) is 0.813. The molecular weight excluding hydrogens is 306 g/mol. The topological polar surface area (TPSA) is 41.8 Å². The summed E-state index contributed by atoms with van der Waals surface area (Å²) in [4.78, 5) is 4.31. The Morgan fingerprint density at radius 1 is 1.21 bits per heavy atom. The van der Waals surface area contributed by atoms with Gasteiger partial charge in [0.2, 0.25) is 0 Å². The number of aliphatic imine (C=N–C) groups is 1. The van der Waals surface area contributed by atoms with Crippen LogP contribution in [0.2, 0.25) is 0 Å². The van der Waals surface area contributed by atoms with Crippen molar-refractivity contribution < 1.29 is 9.84 Å². The molecule has 0 bridgehead atoms. The Morgan fingerprint density at radius 3 is 2.58 bits per heavy atom. The van der Waals surface area contributed by atoms with Crippen molar-refractivity contribution in [3.8, 4) is 11.5 Å². The zero-order valence-electron chi connectivity index (χ0n) is 10.5. The van der Waals surface area contributed by atoms with E-state index in [-0.39, 0.29) is 5.75 Å². The molecule has 0 aromatic heterocycles. The Balaban J connectivity index is 2.16. The van der Waals surface area contributed by atoms with E-state index < -0.39 is 0 Å². The van der Waals surface area contributed by atoms with Gasteiger partial charge in [0.15, 0.2) is 0 Å². The van der Waals surface area contributed by atoms with Crippen LogP contribution in [0.15, 0.2) is 51.9 Å². The average Bonchev–Trinajstić information content (AvgIpc) is 2.40. The smallest absolute Gasteiger partial charge is 0.128 e. The lowest BCUT2D eigenvalue weighted by Crippen LogP contribution is -1.92. The van der Waals surface area contributed by atoms with Crippen molar-refractivity contribution in [1.29, 1.82) is 0 Å². The molecule has 0 unspecified atom stereocenters. The third-order valence-corrected chi connectivity index (χ3v) is 3.02. The van der Waals surface area contributed by atoms with Crippen LogP contribution in [-0.2, 0) is 0 Å². The van der Waals surface area contributed by atoms with Crippen LogP contribution in [0.1, 0.15) is 12.5 Å². The fourth-order valence-corrected chi connectivity index (χ4v) is 1.82. The number of rotatable bonds is 4. The summed E-state index contributed by atoms with van der Waals surface area (Å²) in [5.41, 5.74) is 1.49. The summed E-state index contributed by atoms with van der Waals surface area (Å²) in [7, 11) is 0. The first-order valence-corrected chi connectivity index (χ1v) is 6.74. The van der Waals surface area contributed by atoms with Crippen LogP contribution in [-0.4, -0.2) is 17.9 Å². The number of ether oxygens (including phenoxy) is 1. The summed E-state index contributed by atoms with van der Waals surface area (Å²) in [5, 5.41) is 9.86. The van der Waals surface area contributed by atoms with Gasteiger partial charge in [-0.15, -0.1) is 0 Å². The number of benzene rings is 2. The van der Waals surface area contributed by atoms with Gasteiger partial charge in [-0.1, -0.05) is 15.9 Å². The third-order valence-electron chi connectivity index (χ3n) is 2.49. The zero-order chi connectivity index (χ0) is 13.7. The second-order valence-corrected chi connectivity index (χ2v) is 4.80. The van der Waals surface area contributed by atoms with Crippen molar-refractivity contribution in [2.45, 2.75) is 6.92 Å². The third kappa shape index (κ3) is 3.83. The first kappa shape index (κ1) is 13.6. The Morgan fingerprint density at radius 2 is 1.95 bits per heavy atom. The summed E-state index contributed by atoms with van der Waals surface area (Å²) in [6.07, 6.45) is 1.63. The monoisotopic (exact) mass is 319 g/mol. The quantitative estimate of drug-likeness (QED) is 0.853. The summed E-state index contributed by atoms with van der Waals surface area (Å²) >= 11 is 3.37. The van der Waals surface area contributed by atoms with Crippen molar-refractivity contribution in [2.24, 2.45) is 4.99 Å². The van der Waals surface area contributed by atoms with Crippen molar-refractivity contribution >= 4 is 27.8 Å². The van der Waals surface area contributed by atoms with Gasteiger partial charge in [-0.2, -0.15) is 0 Å². The van der Waals surface area contributed by atoms with E-state index in [1.54, 1.807) is 18.3 Å². The maximum absolute atomic E-state index is 9.86. The molecule has 2 aromatic carbocycles. The minimum Gasteiger partial charge on any atom is -0.507 e. The van der Waals surface area contributed by atoms with Crippen LogP contribution < -0.4 is 4.74 Å². The number of phenols is 1. The average molecular weight is 320 g/mol. The lowest BCUT2D eigenvalue weighted by molar-refractivity contribution is 0.337. The van der Waals surface area contributed by atoms with Crippen LogP contribution in [0.25, 0.3) is 0 Å². The molecule has 19 heavy (non-hydrogen) atoms. The lowest BCUT2D eigenvalue weighted by atomic mass is 10.2. The van der Waals surface area contributed by atoms with E-state index in [0.717, 1.165) is 10.2 Å². The van der Waals surface area contributed by atoms with E-state index in [1.165, 1.54) is 0 Å². The molecule has 2 aromatic rings. The van der Waals surface area contributed by atoms with Crippen molar-refractivity contribution in [3.05, 3.63) is 52.5 Å². The minimum atomic E-state index is 0.159. The van der Waals surface area contributed by atoms with Crippen molar-refractivity contribution in [1.82, 2.24) is 0 Å². The Bertz CT molecular complexity index is 579. The molecule has 0 saturated carbocycles. The molecule has 0 amide bonds. The van der Waals surface area contributed by atoms with Gasteiger partial charge in [0, 0.05) is 22.3 Å². The van der Waals surface area contributed by atoms with Gasteiger partial charge in [0.1, 0.15) is 11.5 Å². The van der Waals surface area contributed by atoms with Gasteiger partial charge < -0.3 is 9.84 Å². The van der Waals surface area contributed by atoms with Gasteiger partial charge in [-0.25, -0.2) is 0 Å². The second kappa shape index (κ2) is 6.38. The van der Waals surface area contributed by atoms with Crippen molar-refractivity contribution in [2.75, 3.05) is 6.61 Å². The Labute approximate surface area is 120 Å². The summed E-state index contributed by atoms with van der Waals surface area (Å²) in [6.45, 7) is 2.48. The fraction of sp³-hybridized carbons (Fsp3) is 0.133. The first-order chi connectivity index (χ1) is 9.19. The zero-order valence-corrected chi connectivity index (χ0v) is 12.1. The number of aromatic hydroxyl groups is 1. The van der Waals surface area contributed by atoms with E-state index in [0.29, 0.717) is 17.9 Å². The SMILES string of the molecule is CCOc1ccc(C=Nc2ccc(Br)cc2)c(O)c1. The molecule has 1 N–H and O–H groups in total. The lowest BCUT2D eigenvalue weighted by Gasteiger charge is -2.04. The maximum Gasteiger partial charge on any atom is 0.128 e. The highest BCUT2D eigenvalue weighted by atomic mass is 79.9. The number of hydrogen-bond acceptors (Lipinski definition) is 3. The Kier molecular flexibility index (Phi) is 4.58. The predicted molar refractivity (Wildman–Crippen MR) is 80.7 cm³/mol. The number of nitrogens with zero attached hydrogens (tertiary/aromatic N) is 1. The number of hydrogen-bond donors (Lipinski definition) is 1. The molecule has 0 spiro atoms. The molecule has 0 aliphatic rings. The van der Waals surface area contributed by atoms with E-state index in [4.69, 9.17) is 4.74 Å². The predicted octanol–water partition coefficient (Wildman–Crippen LogP) is 4.30. The van der Waals surface area contributed by atoms with Crippen LogP contribution in [0.4, 0.5) is 5.69 Å². The molecule has 0 saturated heterocycles. The van der Waals surface area contributed by atoms with Crippen LogP contribution in [0.5, 0.6) is 11.5 Å². The molecule has 0 heterocycles. The standard InChI is InChI=1S/C15H14BrNO2/c1-2-19-14-8-3-11(15(18)9-14)10-17-13-6-4-12(16)5-7-13/h3-10,18H,2H2,1H3. The van der Waals surface area contributed by atoms with Gasteiger partial charge in [-0.05, 0) is 43.3 Å². The molecule has 4 heteroatoms. The fourth-order valence-electron chi connectivity index (χ4n) is 1.56. The molecule has 3 nitrogen and oxygen atoms in total. The first-order valence-electron chi connectivity index (χ1n) is 5.94. The molecule has 2 rings (SSSR count). The van der Waals surface area contributed by atoms with E-state index in [9.17, 15) is 5.11 Å². The van der Waals surface area contributed by atoms with Gasteiger partial charge in [-0.3, -0.25) is 4.99 Å². The highest BCUT2D eigenvalue weighted by molar-refractivity contribution is 9.10. The van der Waals surface area contributed by atoms with Crippen LogP contribution in [0, 0.1) is 0 Å². The number of halogens is 1. The van der Waals surface area contributed by atoms with Gasteiger partial charge >= 0.3 is 0 Å². The van der Waals surface area contributed by atoms with Gasteiger partial charge in [0.25, 0.3) is 0 Å². The largest absolute Gasteiger partial charge is 0.507 e. The molecule has 0 atom stereocenters. The highest BCUT2D eigenvalue weighted by Gasteiger charge is 2.01. The molecular formula is C15H14BrNO2. The van der Waals surface area contributed by atoms with E-state index >= 15 is 0 Å². The summed E-state index contributed by atoms with van der Waals surface area (Å²) < 4.78 is 6.32. The maximum atomic E-state index is 9.86. The van der Waals surface area contributed by atoms with Crippen molar-refractivity contribution in [3.63, 3.8) is 0 Å². The Hall–Kier alpha value is -1.81. The van der Waals surface area contributed by atoms with E-state index in [1.807, 2.05) is 37.3 Å². The second-order valence-electron chi connectivity index (χ2n) is 3.89. The summed E-state index contributed by atoms with van der Waals surface area (Å²) in [6, 6.07) is 12.8. The molecule has 0 fully saturated rings.